The van der Waals surface area contributed by atoms with Gasteiger partial charge in [-0.05, 0) is 38.1 Å². The summed E-state index contributed by atoms with van der Waals surface area (Å²) in [7, 11) is 0. The largest absolute Gasteiger partial charge is 0.486 e. The number of benzene rings is 1. The zero-order valence-corrected chi connectivity index (χ0v) is 13.7. The van der Waals surface area contributed by atoms with Gasteiger partial charge in [-0.3, -0.25) is 4.68 Å². The van der Waals surface area contributed by atoms with Gasteiger partial charge in [0.25, 0.3) is 0 Å². The maximum absolute atomic E-state index is 5.77. The SMILES string of the molecule is CC(C)n1ccc(COc2ccc(Br)cc2C(N)=S)n1. The summed E-state index contributed by atoms with van der Waals surface area (Å²) >= 11 is 8.43. The Kier molecular flexibility index (Phi) is 4.77. The van der Waals surface area contributed by atoms with Crippen molar-refractivity contribution in [3.8, 4) is 5.75 Å². The summed E-state index contributed by atoms with van der Waals surface area (Å²) in [5.74, 6) is 0.666. The lowest BCUT2D eigenvalue weighted by molar-refractivity contribution is 0.298. The van der Waals surface area contributed by atoms with Crippen LogP contribution in [0.25, 0.3) is 0 Å². The molecule has 0 amide bonds. The maximum Gasteiger partial charge on any atom is 0.132 e. The van der Waals surface area contributed by atoms with E-state index in [9.17, 15) is 0 Å². The van der Waals surface area contributed by atoms with E-state index in [1.807, 2.05) is 35.1 Å². The second-order valence-corrected chi connectivity index (χ2v) is 6.03. The average Bonchev–Trinajstić information content (AvgIpc) is 2.86. The maximum atomic E-state index is 5.77. The van der Waals surface area contributed by atoms with Gasteiger partial charge >= 0.3 is 0 Å². The highest BCUT2D eigenvalue weighted by Crippen LogP contribution is 2.24. The molecule has 0 spiro atoms. The van der Waals surface area contributed by atoms with Gasteiger partial charge in [-0.15, -0.1) is 0 Å². The van der Waals surface area contributed by atoms with E-state index < -0.39 is 0 Å². The minimum Gasteiger partial charge on any atom is -0.486 e. The Labute approximate surface area is 132 Å². The lowest BCUT2D eigenvalue weighted by Gasteiger charge is -2.10. The monoisotopic (exact) mass is 353 g/mol. The van der Waals surface area contributed by atoms with Crippen LogP contribution in [0.15, 0.2) is 34.9 Å². The Bertz CT molecular complexity index is 625. The lowest BCUT2D eigenvalue weighted by Crippen LogP contribution is -2.12. The standard InChI is InChI=1S/C14H16BrN3OS/c1-9(2)18-6-5-11(17-18)8-19-13-4-3-10(15)7-12(13)14(16)20/h3-7,9H,8H2,1-2H3,(H2,16,20). The molecule has 0 saturated carbocycles. The van der Waals surface area contributed by atoms with Gasteiger partial charge in [0.05, 0.1) is 11.3 Å². The third-order valence-corrected chi connectivity index (χ3v) is 3.49. The predicted molar refractivity (Wildman–Crippen MR) is 87.0 cm³/mol. The van der Waals surface area contributed by atoms with Gasteiger partial charge in [0.2, 0.25) is 0 Å². The molecular formula is C14H16BrN3OS. The van der Waals surface area contributed by atoms with Crippen molar-refractivity contribution in [2.24, 2.45) is 5.73 Å². The molecule has 0 radical (unpaired) electrons. The topological polar surface area (TPSA) is 53.1 Å². The molecular weight excluding hydrogens is 338 g/mol. The lowest BCUT2D eigenvalue weighted by atomic mass is 10.2. The molecule has 6 heteroatoms. The Balaban J connectivity index is 2.12. The molecule has 4 nitrogen and oxygen atoms in total. The van der Waals surface area contributed by atoms with Crippen LogP contribution in [0.4, 0.5) is 0 Å². The molecule has 1 heterocycles. The van der Waals surface area contributed by atoms with Gasteiger partial charge in [0.15, 0.2) is 0 Å². The molecule has 2 aromatic rings. The van der Waals surface area contributed by atoms with E-state index in [1.165, 1.54) is 0 Å². The third-order valence-electron chi connectivity index (χ3n) is 2.78. The number of halogens is 1. The fourth-order valence-corrected chi connectivity index (χ4v) is 2.23. The molecule has 0 unspecified atom stereocenters. The fourth-order valence-electron chi connectivity index (χ4n) is 1.71. The summed E-state index contributed by atoms with van der Waals surface area (Å²) in [5, 5.41) is 4.44. The summed E-state index contributed by atoms with van der Waals surface area (Å²) in [5.41, 5.74) is 7.30. The number of aromatic nitrogens is 2. The second-order valence-electron chi connectivity index (χ2n) is 4.67. The first-order chi connectivity index (χ1) is 9.47. The van der Waals surface area contributed by atoms with Gasteiger partial charge in [-0.25, -0.2) is 0 Å². The third kappa shape index (κ3) is 3.58. The molecule has 1 aromatic heterocycles. The molecule has 0 aliphatic carbocycles. The molecule has 2 N–H and O–H groups in total. The predicted octanol–water partition coefficient (Wildman–Crippen LogP) is 3.44. The van der Waals surface area contributed by atoms with Crippen LogP contribution in [0.2, 0.25) is 0 Å². The van der Waals surface area contributed by atoms with Crippen molar-refractivity contribution in [3.05, 3.63) is 46.2 Å². The smallest absolute Gasteiger partial charge is 0.132 e. The summed E-state index contributed by atoms with van der Waals surface area (Å²) in [6.07, 6.45) is 1.94. The molecule has 0 bridgehead atoms. The van der Waals surface area contributed by atoms with Crippen molar-refractivity contribution in [1.82, 2.24) is 9.78 Å². The molecule has 20 heavy (non-hydrogen) atoms. The highest BCUT2D eigenvalue weighted by Gasteiger charge is 2.09. The van der Waals surface area contributed by atoms with E-state index in [1.54, 1.807) is 0 Å². The van der Waals surface area contributed by atoms with Gasteiger partial charge in [0, 0.05) is 16.7 Å². The number of nitrogens with two attached hydrogens (primary N) is 1. The van der Waals surface area contributed by atoms with E-state index >= 15 is 0 Å². The van der Waals surface area contributed by atoms with Gasteiger partial charge < -0.3 is 10.5 Å². The van der Waals surface area contributed by atoms with Crippen molar-refractivity contribution in [2.45, 2.75) is 26.5 Å². The van der Waals surface area contributed by atoms with Crippen LogP contribution in [-0.2, 0) is 6.61 Å². The summed E-state index contributed by atoms with van der Waals surface area (Å²) in [6.45, 7) is 4.55. The van der Waals surface area contributed by atoms with Gasteiger partial charge in [0.1, 0.15) is 17.3 Å². The average molecular weight is 354 g/mol. The number of thiocarbonyl (C=S) groups is 1. The van der Waals surface area contributed by atoms with Crippen LogP contribution in [0.1, 0.15) is 31.1 Å². The van der Waals surface area contributed by atoms with Crippen LogP contribution >= 0.6 is 28.1 Å². The first-order valence-electron chi connectivity index (χ1n) is 6.23. The van der Waals surface area contributed by atoms with E-state index in [2.05, 4.69) is 34.9 Å². The van der Waals surface area contributed by atoms with Crippen molar-refractivity contribution >= 4 is 33.1 Å². The van der Waals surface area contributed by atoms with Crippen LogP contribution in [0, 0.1) is 0 Å². The molecule has 0 aliphatic rings. The number of rotatable bonds is 5. The number of hydrogen-bond donors (Lipinski definition) is 1. The zero-order valence-electron chi connectivity index (χ0n) is 11.3. The van der Waals surface area contributed by atoms with Crippen LogP contribution in [-0.4, -0.2) is 14.8 Å². The Hall–Kier alpha value is -1.40. The Morgan fingerprint density at radius 3 is 2.80 bits per heavy atom. The molecule has 0 saturated heterocycles. The van der Waals surface area contributed by atoms with Crippen molar-refractivity contribution in [1.29, 1.82) is 0 Å². The first kappa shape index (κ1) is 15.0. The summed E-state index contributed by atoms with van der Waals surface area (Å²) in [4.78, 5) is 0.314. The van der Waals surface area contributed by atoms with E-state index in [0.717, 1.165) is 15.7 Å². The highest BCUT2D eigenvalue weighted by molar-refractivity contribution is 9.10. The van der Waals surface area contributed by atoms with E-state index in [0.29, 0.717) is 23.4 Å². The second kappa shape index (κ2) is 6.37. The van der Waals surface area contributed by atoms with Crippen molar-refractivity contribution in [3.63, 3.8) is 0 Å². The highest BCUT2D eigenvalue weighted by atomic mass is 79.9. The molecule has 2 rings (SSSR count). The van der Waals surface area contributed by atoms with E-state index in [-0.39, 0.29) is 0 Å². The summed E-state index contributed by atoms with van der Waals surface area (Å²) < 4.78 is 8.58. The zero-order chi connectivity index (χ0) is 14.7. The Morgan fingerprint density at radius 2 is 2.20 bits per heavy atom. The normalized spacial score (nSPS) is 10.8. The van der Waals surface area contributed by atoms with Gasteiger partial charge in [-0.2, -0.15) is 5.10 Å². The number of hydrogen-bond acceptors (Lipinski definition) is 3. The van der Waals surface area contributed by atoms with Crippen LogP contribution in [0.3, 0.4) is 0 Å². The quantitative estimate of drug-likeness (QED) is 0.836. The fraction of sp³-hybridized carbons (Fsp3) is 0.286. The molecule has 0 aliphatic heterocycles. The molecule has 0 atom stereocenters. The van der Waals surface area contributed by atoms with Crippen molar-refractivity contribution < 1.29 is 4.74 Å². The van der Waals surface area contributed by atoms with Gasteiger partial charge in [-0.1, -0.05) is 28.1 Å². The minimum atomic E-state index is 0.314. The van der Waals surface area contributed by atoms with E-state index in [4.69, 9.17) is 22.7 Å². The van der Waals surface area contributed by atoms with Crippen LogP contribution in [0.5, 0.6) is 5.75 Å². The Morgan fingerprint density at radius 1 is 1.45 bits per heavy atom. The van der Waals surface area contributed by atoms with Crippen LogP contribution < -0.4 is 10.5 Å². The molecule has 1 aromatic carbocycles. The molecule has 106 valence electrons. The molecule has 0 fully saturated rings. The number of ether oxygens (including phenoxy) is 1. The number of nitrogens with zero attached hydrogens (tertiary/aromatic N) is 2. The first-order valence-corrected chi connectivity index (χ1v) is 7.43. The minimum absolute atomic E-state index is 0.314. The summed E-state index contributed by atoms with van der Waals surface area (Å²) in [6, 6.07) is 7.87. The van der Waals surface area contributed by atoms with Crippen molar-refractivity contribution in [2.75, 3.05) is 0 Å².